The van der Waals surface area contributed by atoms with Crippen LogP contribution in [-0.2, 0) is 26.1 Å². The van der Waals surface area contributed by atoms with Gasteiger partial charge in [0.25, 0.3) is 5.56 Å². The maximum Gasteiger partial charge on any atom is 0.416 e. The summed E-state index contributed by atoms with van der Waals surface area (Å²) in [6.07, 6.45) is -2.17. The number of hydrogen-bond donors (Lipinski definition) is 0. The van der Waals surface area contributed by atoms with Gasteiger partial charge in [-0.1, -0.05) is 6.07 Å². The number of rotatable bonds is 2. The highest BCUT2D eigenvalue weighted by Gasteiger charge is 2.34. The Morgan fingerprint density at radius 2 is 1.74 bits per heavy atom. The van der Waals surface area contributed by atoms with Gasteiger partial charge in [-0.25, -0.2) is 14.4 Å². The van der Waals surface area contributed by atoms with Crippen molar-refractivity contribution in [2.75, 3.05) is 0 Å². The van der Waals surface area contributed by atoms with E-state index in [0.29, 0.717) is 35.6 Å². The van der Waals surface area contributed by atoms with E-state index >= 15 is 0 Å². The predicted octanol–water partition coefficient (Wildman–Crippen LogP) is 4.16. The van der Waals surface area contributed by atoms with Crippen molar-refractivity contribution in [2.45, 2.75) is 24.9 Å². The van der Waals surface area contributed by atoms with Crippen LogP contribution in [0.25, 0.3) is 16.9 Å². The lowest BCUT2D eigenvalue weighted by molar-refractivity contribution is -0.137. The van der Waals surface area contributed by atoms with Gasteiger partial charge in [-0.2, -0.15) is 13.2 Å². The molecule has 1 atom stereocenters. The average Bonchev–Trinajstić information content (AvgIpc) is 3.31. The van der Waals surface area contributed by atoms with Crippen LogP contribution in [0.5, 0.6) is 0 Å². The van der Waals surface area contributed by atoms with Crippen molar-refractivity contribution in [1.29, 1.82) is 0 Å². The molecule has 1 unspecified atom stereocenters. The number of imidazole rings is 1. The highest BCUT2D eigenvalue weighted by atomic mass is 19.4. The zero-order valence-electron chi connectivity index (χ0n) is 16.3. The lowest BCUT2D eigenvalue weighted by Gasteiger charge is -2.17. The lowest BCUT2D eigenvalue weighted by Crippen LogP contribution is -2.26. The van der Waals surface area contributed by atoms with Crippen molar-refractivity contribution in [3.05, 3.63) is 87.5 Å². The number of nitrogens with zero attached hydrogens (tertiary/aromatic N) is 4. The predicted molar refractivity (Wildman–Crippen MR) is 106 cm³/mol. The molecule has 0 N–H and O–H groups in total. The van der Waals surface area contributed by atoms with Gasteiger partial charge in [-0.15, -0.1) is 0 Å². The van der Waals surface area contributed by atoms with E-state index in [2.05, 4.69) is 9.97 Å². The molecule has 0 amide bonds. The van der Waals surface area contributed by atoms with Crippen LogP contribution >= 0.6 is 0 Å². The standard InChI is InChI=1S/C22H16F4N4O/c1-29-11-27-18-20(29)28-19(30(21(18)31)17-6-4-16(23)5-7-17)14-8-12-2-3-15(22(24,25)26)10-13(12)9-14/h2-7,10-11,14H,8-9H2,1H3. The Morgan fingerprint density at radius 3 is 2.45 bits per heavy atom. The summed E-state index contributed by atoms with van der Waals surface area (Å²) in [7, 11) is 1.72. The van der Waals surface area contributed by atoms with Gasteiger partial charge >= 0.3 is 6.18 Å². The van der Waals surface area contributed by atoms with Gasteiger partial charge in [0.1, 0.15) is 11.6 Å². The van der Waals surface area contributed by atoms with Crippen molar-refractivity contribution in [1.82, 2.24) is 19.1 Å². The fourth-order valence-electron chi connectivity index (χ4n) is 4.17. The van der Waals surface area contributed by atoms with Crippen LogP contribution in [0.4, 0.5) is 17.6 Å². The zero-order chi connectivity index (χ0) is 21.9. The Kier molecular flexibility index (Phi) is 4.25. The number of alkyl halides is 3. The number of hydrogen-bond acceptors (Lipinski definition) is 3. The minimum Gasteiger partial charge on any atom is -0.318 e. The molecule has 0 saturated carbocycles. The summed E-state index contributed by atoms with van der Waals surface area (Å²) in [6, 6.07) is 9.16. The molecule has 0 fully saturated rings. The maximum atomic E-state index is 13.5. The van der Waals surface area contributed by atoms with E-state index in [1.165, 1.54) is 41.2 Å². The third-order valence-electron chi connectivity index (χ3n) is 5.68. The Hall–Kier alpha value is -3.49. The van der Waals surface area contributed by atoms with E-state index in [0.717, 1.165) is 17.7 Å². The molecule has 4 aromatic rings. The first kappa shape index (κ1) is 19.5. The van der Waals surface area contributed by atoms with Crippen LogP contribution in [0.1, 0.15) is 28.4 Å². The third-order valence-corrected chi connectivity index (χ3v) is 5.68. The summed E-state index contributed by atoms with van der Waals surface area (Å²) in [4.78, 5) is 22.1. The first-order valence-electron chi connectivity index (χ1n) is 9.61. The maximum absolute atomic E-state index is 13.5. The monoisotopic (exact) mass is 428 g/mol. The molecule has 0 aliphatic heterocycles. The van der Waals surface area contributed by atoms with Gasteiger partial charge in [0.2, 0.25) is 0 Å². The second kappa shape index (κ2) is 6.76. The minimum absolute atomic E-state index is 0.172. The zero-order valence-corrected chi connectivity index (χ0v) is 16.3. The average molecular weight is 428 g/mol. The largest absolute Gasteiger partial charge is 0.416 e. The molecule has 0 saturated heterocycles. The van der Waals surface area contributed by atoms with Gasteiger partial charge < -0.3 is 4.57 Å². The summed E-state index contributed by atoms with van der Waals surface area (Å²) in [5.41, 5.74) is 1.27. The Balaban J connectivity index is 1.67. The van der Waals surface area contributed by atoms with E-state index in [9.17, 15) is 22.4 Å². The second-order valence-corrected chi connectivity index (χ2v) is 7.70. The number of benzene rings is 2. The van der Waals surface area contributed by atoms with Crippen LogP contribution in [0.3, 0.4) is 0 Å². The number of aromatic nitrogens is 4. The summed E-state index contributed by atoms with van der Waals surface area (Å²) >= 11 is 0. The van der Waals surface area contributed by atoms with Gasteiger partial charge in [-0.3, -0.25) is 9.36 Å². The Morgan fingerprint density at radius 1 is 1.03 bits per heavy atom. The van der Waals surface area contributed by atoms with Crippen molar-refractivity contribution < 1.29 is 17.6 Å². The number of fused-ring (bicyclic) bond motifs is 2. The summed E-state index contributed by atoms with van der Waals surface area (Å²) in [5.74, 6) is -0.342. The van der Waals surface area contributed by atoms with Crippen molar-refractivity contribution in [2.24, 2.45) is 7.05 Å². The van der Waals surface area contributed by atoms with E-state index < -0.39 is 23.1 Å². The Labute approximate surface area is 173 Å². The minimum atomic E-state index is -4.42. The van der Waals surface area contributed by atoms with E-state index in [1.54, 1.807) is 11.6 Å². The molecular weight excluding hydrogens is 412 g/mol. The molecule has 0 spiro atoms. The van der Waals surface area contributed by atoms with Gasteiger partial charge in [0, 0.05) is 13.0 Å². The van der Waals surface area contributed by atoms with E-state index in [4.69, 9.17) is 0 Å². The SMILES string of the molecule is Cn1cnc2c(=O)n(-c3ccc(F)cc3)c(C3Cc4ccc(C(F)(F)F)cc4C3)nc21. The number of aryl methyl sites for hydroxylation is 1. The van der Waals surface area contributed by atoms with E-state index in [-0.39, 0.29) is 11.4 Å². The highest BCUT2D eigenvalue weighted by molar-refractivity contribution is 5.70. The molecule has 5 rings (SSSR count). The van der Waals surface area contributed by atoms with Crippen LogP contribution < -0.4 is 5.56 Å². The number of halogens is 4. The normalized spacial score (nSPS) is 16.1. The first-order valence-corrected chi connectivity index (χ1v) is 9.61. The molecule has 1 aliphatic rings. The fourth-order valence-corrected chi connectivity index (χ4v) is 4.17. The van der Waals surface area contributed by atoms with Gasteiger partial charge in [0.15, 0.2) is 11.2 Å². The first-order chi connectivity index (χ1) is 14.7. The molecule has 2 aromatic heterocycles. The molecule has 9 heteroatoms. The smallest absolute Gasteiger partial charge is 0.318 e. The lowest BCUT2D eigenvalue weighted by atomic mass is 10.0. The van der Waals surface area contributed by atoms with Crippen LogP contribution in [0.2, 0.25) is 0 Å². The second-order valence-electron chi connectivity index (χ2n) is 7.70. The van der Waals surface area contributed by atoms with Crippen molar-refractivity contribution in [3.63, 3.8) is 0 Å². The Bertz CT molecular complexity index is 1370. The van der Waals surface area contributed by atoms with E-state index in [1.807, 2.05) is 0 Å². The molecule has 2 heterocycles. The fraction of sp³-hybridized carbons (Fsp3) is 0.227. The molecule has 31 heavy (non-hydrogen) atoms. The quantitative estimate of drug-likeness (QED) is 0.451. The molecule has 5 nitrogen and oxygen atoms in total. The van der Waals surface area contributed by atoms with Crippen LogP contribution in [0, 0.1) is 5.82 Å². The summed E-state index contributed by atoms with van der Waals surface area (Å²) in [5, 5.41) is 0. The highest BCUT2D eigenvalue weighted by Crippen LogP contribution is 2.38. The molecule has 158 valence electrons. The molecule has 2 aromatic carbocycles. The van der Waals surface area contributed by atoms with Gasteiger partial charge in [-0.05, 0) is 60.4 Å². The molecular formula is C22H16F4N4O. The molecule has 0 bridgehead atoms. The van der Waals surface area contributed by atoms with Gasteiger partial charge in [0.05, 0.1) is 17.6 Å². The van der Waals surface area contributed by atoms with Crippen molar-refractivity contribution in [3.8, 4) is 5.69 Å². The summed E-state index contributed by atoms with van der Waals surface area (Å²) in [6.45, 7) is 0. The molecule has 0 radical (unpaired) electrons. The molecule has 1 aliphatic carbocycles. The van der Waals surface area contributed by atoms with Crippen LogP contribution in [-0.4, -0.2) is 19.1 Å². The van der Waals surface area contributed by atoms with Crippen molar-refractivity contribution >= 4 is 11.2 Å². The van der Waals surface area contributed by atoms with Crippen LogP contribution in [0.15, 0.2) is 53.6 Å². The summed E-state index contributed by atoms with van der Waals surface area (Å²) < 4.78 is 55.9. The third kappa shape index (κ3) is 3.20. The topological polar surface area (TPSA) is 52.7 Å².